The standard InChI is InChI=1S/C12H13F2N2O7P/c1-5-3-16(10(19)15-8(5)18)9-6-7(17)11(23-9,4-21-24(2)20)12(13,14)22-6/h3,6-7,9,17H,4H2,1-2H3/p+1/t6-,7+,9-,11-/m1/s1. The SMILES string of the molecule is Cc1cn([C@@H]2O[C@]3(CO[P+](C)=O)[C@@H](O)[C@H]2OC3(F)F)c(=O)[nH]c1=O. The lowest BCUT2D eigenvalue weighted by molar-refractivity contribution is -0.370. The van der Waals surface area contributed by atoms with Gasteiger partial charge in [-0.3, -0.25) is 14.3 Å². The van der Waals surface area contributed by atoms with Crippen LogP contribution in [0, 0.1) is 6.92 Å². The number of hydrogen-bond donors (Lipinski definition) is 2. The van der Waals surface area contributed by atoms with E-state index in [0.29, 0.717) is 0 Å². The van der Waals surface area contributed by atoms with Crippen LogP contribution in [0.5, 0.6) is 0 Å². The Kier molecular flexibility index (Phi) is 3.97. The van der Waals surface area contributed by atoms with E-state index >= 15 is 0 Å². The molecule has 1 unspecified atom stereocenters. The fourth-order valence-electron chi connectivity index (χ4n) is 2.79. The first-order valence-electron chi connectivity index (χ1n) is 6.86. The predicted octanol–water partition coefficient (Wildman–Crippen LogP) is -0.146. The molecule has 1 aromatic heterocycles. The van der Waals surface area contributed by atoms with Crippen LogP contribution < -0.4 is 11.2 Å². The molecule has 0 aliphatic carbocycles. The summed E-state index contributed by atoms with van der Waals surface area (Å²) in [6.45, 7) is 1.68. The van der Waals surface area contributed by atoms with Crippen LogP contribution >= 0.6 is 8.03 Å². The van der Waals surface area contributed by atoms with Crippen molar-refractivity contribution in [1.82, 2.24) is 9.55 Å². The first-order valence-corrected chi connectivity index (χ1v) is 8.49. The fraction of sp³-hybridized carbons (Fsp3) is 0.667. The lowest BCUT2D eigenvalue weighted by atomic mass is 9.98. The van der Waals surface area contributed by atoms with Gasteiger partial charge in [-0.15, -0.1) is 4.52 Å². The van der Waals surface area contributed by atoms with Crippen LogP contribution in [0.4, 0.5) is 8.78 Å². The second kappa shape index (κ2) is 5.50. The highest BCUT2D eigenvalue weighted by molar-refractivity contribution is 7.38. The van der Waals surface area contributed by atoms with Gasteiger partial charge in [0, 0.05) is 11.8 Å². The van der Waals surface area contributed by atoms with Crippen molar-refractivity contribution in [3.05, 3.63) is 32.6 Å². The summed E-state index contributed by atoms with van der Waals surface area (Å²) in [5.74, 6) is 0. The Balaban J connectivity index is 2.01. The number of rotatable bonds is 4. The van der Waals surface area contributed by atoms with Crippen molar-refractivity contribution in [1.29, 1.82) is 0 Å². The number of hydrogen-bond acceptors (Lipinski definition) is 7. The third kappa shape index (κ3) is 2.35. The summed E-state index contributed by atoms with van der Waals surface area (Å²) in [6, 6.07) is 0. The van der Waals surface area contributed by atoms with Gasteiger partial charge in [0.05, 0.1) is 0 Å². The lowest BCUT2D eigenvalue weighted by Gasteiger charge is -2.35. The minimum Gasteiger partial charge on any atom is -0.387 e. The van der Waals surface area contributed by atoms with Crippen LogP contribution in [0.25, 0.3) is 0 Å². The molecule has 132 valence electrons. The Morgan fingerprint density at radius 2 is 2.12 bits per heavy atom. The molecule has 2 aliphatic rings. The number of halogens is 2. The second-order valence-electron chi connectivity index (χ2n) is 5.63. The number of nitrogens with zero attached hydrogens (tertiary/aromatic N) is 1. The average molecular weight is 367 g/mol. The van der Waals surface area contributed by atoms with E-state index in [1.54, 1.807) is 0 Å². The van der Waals surface area contributed by atoms with Crippen LogP contribution in [-0.4, -0.2) is 51.8 Å². The minimum atomic E-state index is -3.90. The summed E-state index contributed by atoms with van der Waals surface area (Å²) >= 11 is 0. The van der Waals surface area contributed by atoms with Gasteiger partial charge < -0.3 is 14.6 Å². The predicted molar refractivity (Wildman–Crippen MR) is 74.2 cm³/mol. The molecule has 1 aromatic rings. The zero-order valence-corrected chi connectivity index (χ0v) is 13.5. The zero-order valence-electron chi connectivity index (χ0n) is 12.6. The van der Waals surface area contributed by atoms with Gasteiger partial charge in [0.15, 0.2) is 12.9 Å². The molecule has 12 heteroatoms. The van der Waals surface area contributed by atoms with Gasteiger partial charge in [-0.1, -0.05) is 0 Å². The highest BCUT2D eigenvalue weighted by Crippen LogP contribution is 2.55. The van der Waals surface area contributed by atoms with E-state index in [1.165, 1.54) is 6.92 Å². The van der Waals surface area contributed by atoms with Crippen LogP contribution in [0.15, 0.2) is 15.8 Å². The highest BCUT2D eigenvalue weighted by Gasteiger charge is 2.78. The van der Waals surface area contributed by atoms with Crippen LogP contribution in [0.1, 0.15) is 11.8 Å². The Morgan fingerprint density at radius 3 is 2.75 bits per heavy atom. The van der Waals surface area contributed by atoms with Gasteiger partial charge in [-0.05, 0) is 11.5 Å². The van der Waals surface area contributed by atoms with Gasteiger partial charge in [-0.25, -0.2) is 4.79 Å². The van der Waals surface area contributed by atoms with E-state index in [2.05, 4.69) is 4.74 Å². The van der Waals surface area contributed by atoms with E-state index in [0.717, 1.165) is 17.4 Å². The summed E-state index contributed by atoms with van der Waals surface area (Å²) in [5, 5.41) is 10.2. The molecule has 0 aromatic carbocycles. The second-order valence-corrected chi connectivity index (χ2v) is 6.77. The van der Waals surface area contributed by atoms with E-state index in [1.807, 2.05) is 4.98 Å². The molecule has 0 spiro atoms. The molecule has 2 bridgehead atoms. The number of aromatic amines is 1. The third-order valence-corrected chi connectivity index (χ3v) is 4.55. The van der Waals surface area contributed by atoms with Crippen LogP contribution in [0.3, 0.4) is 0 Å². The van der Waals surface area contributed by atoms with Gasteiger partial charge in [-0.2, -0.15) is 8.78 Å². The highest BCUT2D eigenvalue weighted by atomic mass is 31.1. The molecule has 2 saturated heterocycles. The van der Waals surface area contributed by atoms with Crippen molar-refractivity contribution < 1.29 is 32.4 Å². The number of aryl methyl sites for hydroxylation is 1. The zero-order chi connectivity index (χ0) is 17.9. The van der Waals surface area contributed by atoms with E-state index in [-0.39, 0.29) is 5.56 Å². The van der Waals surface area contributed by atoms with Crippen molar-refractivity contribution in [2.45, 2.75) is 37.1 Å². The number of aromatic nitrogens is 2. The number of nitrogens with one attached hydrogen (secondary N) is 1. The number of aliphatic hydroxyl groups is 1. The summed E-state index contributed by atoms with van der Waals surface area (Å²) in [6.07, 6.45) is -7.58. The lowest BCUT2D eigenvalue weighted by Crippen LogP contribution is -2.55. The topological polar surface area (TPSA) is 120 Å². The maximum Gasteiger partial charge on any atom is 0.504 e. The molecular weight excluding hydrogens is 353 g/mol. The Morgan fingerprint density at radius 1 is 1.46 bits per heavy atom. The first-order chi connectivity index (χ1) is 11.1. The molecule has 5 atom stereocenters. The van der Waals surface area contributed by atoms with Crippen LogP contribution in [0.2, 0.25) is 0 Å². The number of ether oxygens (including phenoxy) is 2. The molecule has 2 fully saturated rings. The molecule has 9 nitrogen and oxygen atoms in total. The normalized spacial score (nSPS) is 34.5. The Labute approximate surface area is 134 Å². The summed E-state index contributed by atoms with van der Waals surface area (Å²) in [7, 11) is -2.23. The molecule has 24 heavy (non-hydrogen) atoms. The molecule has 0 amide bonds. The smallest absolute Gasteiger partial charge is 0.387 e. The third-order valence-electron chi connectivity index (χ3n) is 4.06. The van der Waals surface area contributed by atoms with Gasteiger partial charge in [0.2, 0.25) is 5.60 Å². The summed E-state index contributed by atoms with van der Waals surface area (Å²) in [4.78, 5) is 25.3. The molecule has 2 aliphatic heterocycles. The van der Waals surface area contributed by atoms with E-state index < -0.39 is 56.0 Å². The molecule has 3 rings (SSSR count). The number of aliphatic hydroxyl groups excluding tert-OH is 1. The number of H-pyrrole nitrogens is 1. The maximum absolute atomic E-state index is 14.1. The minimum absolute atomic E-state index is 0.143. The number of fused-ring (bicyclic) bond motifs is 2. The largest absolute Gasteiger partial charge is 0.504 e. The first kappa shape index (κ1) is 17.3. The molecular formula is C12H14F2N2O7P+. The van der Waals surface area contributed by atoms with E-state index in [4.69, 9.17) is 9.26 Å². The van der Waals surface area contributed by atoms with Gasteiger partial charge in [0.25, 0.3) is 5.56 Å². The maximum atomic E-state index is 14.1. The Hall–Kier alpha value is -1.52. The summed E-state index contributed by atoms with van der Waals surface area (Å²) < 4.78 is 54.7. The van der Waals surface area contributed by atoms with Gasteiger partial charge >= 0.3 is 19.8 Å². The van der Waals surface area contributed by atoms with Gasteiger partial charge in [0.1, 0.15) is 18.8 Å². The molecule has 0 radical (unpaired) electrons. The van der Waals surface area contributed by atoms with Crippen molar-refractivity contribution in [2.75, 3.05) is 13.3 Å². The molecule has 2 N–H and O–H groups in total. The molecule has 3 heterocycles. The average Bonchev–Trinajstić information content (AvgIpc) is 2.85. The quantitative estimate of drug-likeness (QED) is 0.711. The van der Waals surface area contributed by atoms with Crippen molar-refractivity contribution >= 4 is 8.03 Å². The van der Waals surface area contributed by atoms with Crippen molar-refractivity contribution in [2.24, 2.45) is 0 Å². The van der Waals surface area contributed by atoms with Crippen molar-refractivity contribution in [3.63, 3.8) is 0 Å². The summed E-state index contributed by atoms with van der Waals surface area (Å²) in [5.41, 5.74) is -4.00. The monoisotopic (exact) mass is 367 g/mol. The Bertz CT molecular complexity index is 809. The van der Waals surface area contributed by atoms with E-state index in [9.17, 15) is 28.0 Å². The van der Waals surface area contributed by atoms with Crippen LogP contribution in [-0.2, 0) is 18.6 Å². The fourth-order valence-corrected chi connectivity index (χ4v) is 3.16. The van der Waals surface area contributed by atoms with Crippen molar-refractivity contribution in [3.8, 4) is 0 Å². The molecule has 0 saturated carbocycles. The number of alkyl halides is 2.